The van der Waals surface area contributed by atoms with E-state index >= 15 is 0 Å². The number of nitrogens with two attached hydrogens (primary N) is 2. The second-order valence-corrected chi connectivity index (χ2v) is 9.57. The number of carbonyl (C=O) groups excluding carboxylic acids is 3. The highest BCUT2D eigenvalue weighted by Gasteiger charge is 2.31. The summed E-state index contributed by atoms with van der Waals surface area (Å²) in [5.41, 5.74) is 12.7. The van der Waals surface area contributed by atoms with Crippen molar-refractivity contribution in [2.45, 2.75) is 62.7 Å². The number of aliphatic carboxylic acids is 2. The molecule has 13 nitrogen and oxygen atoms in total. The van der Waals surface area contributed by atoms with Crippen molar-refractivity contribution in [1.82, 2.24) is 16.0 Å². The minimum atomic E-state index is -1.57. The number of aromatic hydroxyl groups is 1. The third kappa shape index (κ3) is 11.6. The number of hydrogen-bond donors (Lipinski definition) is 8. The second kappa shape index (κ2) is 16.6. The molecule has 0 radical (unpaired) electrons. The summed E-state index contributed by atoms with van der Waals surface area (Å²) < 4.78 is 0. The molecule has 41 heavy (non-hydrogen) atoms. The maximum absolute atomic E-state index is 13.2. The van der Waals surface area contributed by atoms with Gasteiger partial charge in [-0.05, 0) is 55.5 Å². The van der Waals surface area contributed by atoms with Gasteiger partial charge in [-0.15, -0.1) is 0 Å². The Morgan fingerprint density at radius 2 is 1.27 bits per heavy atom. The van der Waals surface area contributed by atoms with Crippen molar-refractivity contribution in [1.29, 1.82) is 0 Å². The van der Waals surface area contributed by atoms with E-state index in [1.807, 2.05) is 0 Å². The first-order valence-electron chi connectivity index (χ1n) is 13.1. The smallest absolute Gasteiger partial charge is 0.326 e. The van der Waals surface area contributed by atoms with E-state index in [0.717, 1.165) is 5.56 Å². The lowest BCUT2D eigenvalue weighted by Gasteiger charge is -2.25. The van der Waals surface area contributed by atoms with Crippen LogP contribution in [0.2, 0.25) is 0 Å². The molecule has 0 fully saturated rings. The van der Waals surface area contributed by atoms with Crippen LogP contribution >= 0.6 is 0 Å². The van der Waals surface area contributed by atoms with Gasteiger partial charge in [-0.3, -0.25) is 19.2 Å². The molecule has 0 aliphatic carbocycles. The van der Waals surface area contributed by atoms with Crippen molar-refractivity contribution in [3.8, 4) is 5.75 Å². The van der Waals surface area contributed by atoms with E-state index in [1.54, 1.807) is 30.3 Å². The molecular weight excluding hydrogens is 534 g/mol. The molecule has 2 rings (SSSR count). The summed E-state index contributed by atoms with van der Waals surface area (Å²) in [6, 6.07) is 9.40. The predicted molar refractivity (Wildman–Crippen MR) is 149 cm³/mol. The van der Waals surface area contributed by atoms with Crippen LogP contribution in [-0.4, -0.2) is 75.7 Å². The average Bonchev–Trinajstić information content (AvgIpc) is 2.93. The number of phenols is 1. The van der Waals surface area contributed by atoms with Gasteiger partial charge in [-0.25, -0.2) is 4.79 Å². The van der Waals surface area contributed by atoms with E-state index in [4.69, 9.17) is 11.5 Å². The Bertz CT molecular complexity index is 1180. The van der Waals surface area contributed by atoms with Crippen LogP contribution in [0, 0.1) is 0 Å². The van der Waals surface area contributed by atoms with Crippen LogP contribution in [0.3, 0.4) is 0 Å². The summed E-state index contributed by atoms with van der Waals surface area (Å²) >= 11 is 0. The van der Waals surface area contributed by atoms with Crippen LogP contribution in [-0.2, 0) is 36.8 Å². The number of carboxylic acid groups (broad SMARTS) is 2. The largest absolute Gasteiger partial charge is 0.508 e. The van der Waals surface area contributed by atoms with Gasteiger partial charge in [0.1, 0.15) is 23.9 Å². The number of nitrogens with one attached hydrogen (secondary N) is 3. The van der Waals surface area contributed by atoms with Gasteiger partial charge in [-0.2, -0.15) is 0 Å². The quantitative estimate of drug-likeness (QED) is 0.115. The topological polar surface area (TPSA) is 234 Å². The maximum Gasteiger partial charge on any atom is 0.326 e. The monoisotopic (exact) mass is 571 g/mol. The molecule has 2 aromatic carbocycles. The number of hydrogen-bond acceptors (Lipinski definition) is 8. The molecule has 0 saturated heterocycles. The maximum atomic E-state index is 13.2. The molecule has 0 bridgehead atoms. The van der Waals surface area contributed by atoms with Gasteiger partial charge in [0.15, 0.2) is 0 Å². The Morgan fingerprint density at radius 3 is 1.85 bits per heavy atom. The third-order valence-electron chi connectivity index (χ3n) is 6.22. The summed E-state index contributed by atoms with van der Waals surface area (Å²) in [7, 11) is 0. The molecule has 10 N–H and O–H groups in total. The predicted octanol–water partition coefficient (Wildman–Crippen LogP) is -0.353. The highest BCUT2D eigenvalue weighted by atomic mass is 16.4. The zero-order valence-electron chi connectivity index (χ0n) is 22.5. The fourth-order valence-corrected chi connectivity index (χ4v) is 4.00. The van der Waals surface area contributed by atoms with Gasteiger partial charge in [-0.1, -0.05) is 42.5 Å². The Labute approximate surface area is 237 Å². The molecule has 2 aromatic rings. The molecule has 4 unspecified atom stereocenters. The van der Waals surface area contributed by atoms with Crippen LogP contribution in [0.1, 0.15) is 36.8 Å². The van der Waals surface area contributed by atoms with Gasteiger partial charge < -0.3 is 42.7 Å². The molecule has 3 amide bonds. The van der Waals surface area contributed by atoms with E-state index < -0.39 is 60.2 Å². The second-order valence-electron chi connectivity index (χ2n) is 9.57. The molecule has 13 heteroatoms. The van der Waals surface area contributed by atoms with Crippen LogP contribution in [0.15, 0.2) is 54.6 Å². The Hall–Kier alpha value is -4.49. The molecule has 0 heterocycles. The van der Waals surface area contributed by atoms with Crippen molar-refractivity contribution in [2.75, 3.05) is 6.54 Å². The zero-order chi connectivity index (χ0) is 30.4. The van der Waals surface area contributed by atoms with Crippen LogP contribution < -0.4 is 27.4 Å². The number of carboxylic acids is 2. The molecule has 0 spiro atoms. The minimum absolute atomic E-state index is 0.0271. The summed E-state index contributed by atoms with van der Waals surface area (Å²) in [4.78, 5) is 62.4. The summed E-state index contributed by atoms with van der Waals surface area (Å²) in [6.45, 7) is 0.353. The van der Waals surface area contributed by atoms with Crippen LogP contribution in [0.25, 0.3) is 0 Å². The molecular formula is C28H37N5O8. The van der Waals surface area contributed by atoms with E-state index in [0.29, 0.717) is 24.9 Å². The molecule has 0 aliphatic rings. The lowest BCUT2D eigenvalue weighted by Crippen LogP contribution is -2.58. The van der Waals surface area contributed by atoms with Crippen molar-refractivity contribution in [2.24, 2.45) is 11.5 Å². The van der Waals surface area contributed by atoms with Crippen molar-refractivity contribution in [3.63, 3.8) is 0 Å². The van der Waals surface area contributed by atoms with E-state index in [9.17, 15) is 39.3 Å². The van der Waals surface area contributed by atoms with E-state index in [2.05, 4.69) is 16.0 Å². The Balaban J connectivity index is 2.21. The molecule has 0 aromatic heterocycles. The Morgan fingerprint density at radius 1 is 0.707 bits per heavy atom. The van der Waals surface area contributed by atoms with Gasteiger partial charge in [0.25, 0.3) is 0 Å². The highest BCUT2D eigenvalue weighted by Crippen LogP contribution is 2.12. The van der Waals surface area contributed by atoms with Crippen molar-refractivity contribution in [3.05, 3.63) is 65.7 Å². The highest BCUT2D eigenvalue weighted by molar-refractivity contribution is 5.95. The number of phenolic OH excluding ortho intramolecular Hbond substituents is 1. The van der Waals surface area contributed by atoms with Gasteiger partial charge in [0.2, 0.25) is 17.7 Å². The first-order chi connectivity index (χ1) is 19.5. The molecule has 0 aliphatic heterocycles. The van der Waals surface area contributed by atoms with Crippen molar-refractivity contribution < 1.29 is 39.3 Å². The van der Waals surface area contributed by atoms with E-state index in [1.165, 1.54) is 24.3 Å². The number of benzene rings is 2. The third-order valence-corrected chi connectivity index (χ3v) is 6.22. The lowest BCUT2D eigenvalue weighted by atomic mass is 10.0. The zero-order valence-corrected chi connectivity index (χ0v) is 22.5. The fourth-order valence-electron chi connectivity index (χ4n) is 4.00. The van der Waals surface area contributed by atoms with Gasteiger partial charge >= 0.3 is 11.9 Å². The number of unbranched alkanes of at least 4 members (excludes halogenated alkanes) is 1. The van der Waals surface area contributed by atoms with Crippen LogP contribution in [0.5, 0.6) is 5.75 Å². The lowest BCUT2D eigenvalue weighted by molar-refractivity contribution is -0.143. The first-order valence-corrected chi connectivity index (χ1v) is 13.1. The summed E-state index contributed by atoms with van der Waals surface area (Å²) in [6.07, 6.45) is 0.332. The fraction of sp³-hybridized carbons (Fsp3) is 0.393. The molecule has 0 saturated carbocycles. The number of amides is 3. The van der Waals surface area contributed by atoms with Gasteiger partial charge in [0.05, 0.1) is 12.5 Å². The first kappa shape index (κ1) is 32.7. The Kier molecular flexibility index (Phi) is 13.2. The minimum Gasteiger partial charge on any atom is -0.508 e. The SMILES string of the molecule is NCCCCC(NC(=O)C(Cc1ccc(O)cc1)NC(=O)C(CC(=O)O)NC(=O)C(N)Cc1ccccc1)C(=O)O. The standard InChI is InChI=1S/C28H37N5O8/c29-13-5-4-8-21(28(40)41)31-26(38)22(15-18-9-11-19(34)12-10-18)33-27(39)23(16-24(35)36)32-25(37)20(30)14-17-6-2-1-3-7-17/h1-3,6-7,9-12,20-23,34H,4-5,8,13-16,29-30H2,(H,31,38)(H,32,37)(H,33,39)(H,35,36)(H,40,41). The van der Waals surface area contributed by atoms with E-state index in [-0.39, 0.29) is 25.0 Å². The van der Waals surface area contributed by atoms with Gasteiger partial charge in [0, 0.05) is 6.42 Å². The molecule has 222 valence electrons. The summed E-state index contributed by atoms with van der Waals surface area (Å²) in [5.74, 6) is -5.24. The van der Waals surface area contributed by atoms with Crippen molar-refractivity contribution >= 4 is 29.7 Å². The summed E-state index contributed by atoms with van der Waals surface area (Å²) in [5, 5.41) is 35.7. The number of rotatable bonds is 17. The number of carbonyl (C=O) groups is 5. The molecule has 4 atom stereocenters. The average molecular weight is 572 g/mol. The normalized spacial score (nSPS) is 13.7. The van der Waals surface area contributed by atoms with Crippen LogP contribution in [0.4, 0.5) is 0 Å².